The molecule has 0 heterocycles. The number of nitrogens with one attached hydrogen (secondary N) is 1. The summed E-state index contributed by atoms with van der Waals surface area (Å²) in [6, 6.07) is -0.896. The van der Waals surface area contributed by atoms with Gasteiger partial charge in [0.05, 0.1) is 0 Å². The number of amides is 2. The molecular weight excluding hydrogens is 160 g/mol. The van der Waals surface area contributed by atoms with E-state index in [4.69, 9.17) is 0 Å². The van der Waals surface area contributed by atoms with Gasteiger partial charge in [-0.15, -0.1) is 0 Å². The molecular formula is C7H12N2O3. The third kappa shape index (κ3) is 4.32. The fourth-order valence-corrected chi connectivity index (χ4v) is 0.567. The molecule has 0 aromatic rings. The van der Waals surface area contributed by atoms with Crippen molar-refractivity contribution >= 4 is 12.0 Å². The molecule has 0 atom stereocenters. The highest BCUT2D eigenvalue weighted by molar-refractivity contribution is 5.88. The van der Waals surface area contributed by atoms with E-state index >= 15 is 0 Å². The van der Waals surface area contributed by atoms with Crippen LogP contribution in [0.3, 0.4) is 0 Å². The highest BCUT2D eigenvalue weighted by Gasteiger charge is 2.05. The molecule has 0 bridgehead atoms. The standard InChI is InChI=1S/C7H12N2O3/c1-3-4-5(2)6(10)12-9-7(8)11/h4H,3H2,1-2H3,(H3,8,9,11). The summed E-state index contributed by atoms with van der Waals surface area (Å²) in [5.74, 6) is -0.601. The monoisotopic (exact) mass is 172 g/mol. The van der Waals surface area contributed by atoms with Crippen LogP contribution >= 0.6 is 0 Å². The summed E-state index contributed by atoms with van der Waals surface area (Å²) in [5, 5.41) is 0. The third-order valence-electron chi connectivity index (χ3n) is 1.08. The number of carbonyl (C=O) groups is 2. The summed E-state index contributed by atoms with van der Waals surface area (Å²) >= 11 is 0. The van der Waals surface area contributed by atoms with Gasteiger partial charge in [-0.1, -0.05) is 13.0 Å². The second-order valence-electron chi connectivity index (χ2n) is 2.15. The van der Waals surface area contributed by atoms with Crippen LogP contribution in [0.15, 0.2) is 11.6 Å². The van der Waals surface area contributed by atoms with Crippen molar-refractivity contribution in [1.29, 1.82) is 0 Å². The molecule has 0 aliphatic carbocycles. The van der Waals surface area contributed by atoms with Gasteiger partial charge in [0, 0.05) is 5.57 Å². The number of hydrogen-bond acceptors (Lipinski definition) is 3. The summed E-state index contributed by atoms with van der Waals surface area (Å²) < 4.78 is 0. The van der Waals surface area contributed by atoms with E-state index in [1.54, 1.807) is 18.5 Å². The van der Waals surface area contributed by atoms with Crippen molar-refractivity contribution in [3.63, 3.8) is 0 Å². The smallest absolute Gasteiger partial charge is 0.349 e. The second-order valence-corrected chi connectivity index (χ2v) is 2.15. The Morgan fingerprint density at radius 2 is 2.17 bits per heavy atom. The highest BCUT2D eigenvalue weighted by atomic mass is 16.7. The van der Waals surface area contributed by atoms with Crippen LogP contribution in [0.1, 0.15) is 20.3 Å². The van der Waals surface area contributed by atoms with Gasteiger partial charge < -0.3 is 10.6 Å². The van der Waals surface area contributed by atoms with Crippen molar-refractivity contribution < 1.29 is 14.4 Å². The molecule has 0 aromatic carbocycles. The maximum Gasteiger partial charge on any atom is 0.358 e. The van der Waals surface area contributed by atoms with E-state index < -0.39 is 12.0 Å². The minimum absolute atomic E-state index is 0.436. The average molecular weight is 172 g/mol. The molecule has 0 fully saturated rings. The lowest BCUT2D eigenvalue weighted by molar-refractivity contribution is -0.143. The summed E-state index contributed by atoms with van der Waals surface area (Å²) in [6.45, 7) is 3.48. The van der Waals surface area contributed by atoms with Crippen LogP contribution in [0, 0.1) is 0 Å². The highest BCUT2D eigenvalue weighted by Crippen LogP contribution is 1.96. The minimum atomic E-state index is -0.896. The lowest BCUT2D eigenvalue weighted by atomic mass is 10.2. The number of nitrogens with two attached hydrogens (primary N) is 1. The predicted molar refractivity (Wildman–Crippen MR) is 42.9 cm³/mol. The Labute approximate surface area is 70.5 Å². The van der Waals surface area contributed by atoms with E-state index in [-0.39, 0.29) is 0 Å². The largest absolute Gasteiger partial charge is 0.358 e. The maximum absolute atomic E-state index is 10.9. The summed E-state index contributed by atoms with van der Waals surface area (Å²) in [5.41, 5.74) is 6.84. The lowest BCUT2D eigenvalue weighted by Crippen LogP contribution is -2.32. The molecule has 0 saturated heterocycles. The van der Waals surface area contributed by atoms with Crippen molar-refractivity contribution in [3.05, 3.63) is 11.6 Å². The Hall–Kier alpha value is -1.52. The number of hydrogen-bond donors (Lipinski definition) is 2. The molecule has 0 radical (unpaired) electrons. The average Bonchev–Trinajstić information content (AvgIpc) is 2.00. The number of primary amides is 1. The molecule has 0 aliphatic heterocycles. The summed E-state index contributed by atoms with van der Waals surface area (Å²) in [7, 11) is 0. The van der Waals surface area contributed by atoms with Gasteiger partial charge in [0.1, 0.15) is 0 Å². The van der Waals surface area contributed by atoms with Crippen LogP contribution < -0.4 is 11.2 Å². The van der Waals surface area contributed by atoms with Crippen LogP contribution in [0.5, 0.6) is 0 Å². The van der Waals surface area contributed by atoms with Gasteiger partial charge in [-0.05, 0) is 13.3 Å². The van der Waals surface area contributed by atoms with Gasteiger partial charge in [-0.2, -0.15) is 5.48 Å². The molecule has 68 valence electrons. The summed E-state index contributed by atoms with van der Waals surface area (Å²) in [6.07, 6.45) is 2.42. The third-order valence-corrected chi connectivity index (χ3v) is 1.08. The van der Waals surface area contributed by atoms with Gasteiger partial charge in [0.15, 0.2) is 0 Å². The van der Waals surface area contributed by atoms with E-state index in [0.717, 1.165) is 6.42 Å². The normalized spacial score (nSPS) is 10.7. The van der Waals surface area contributed by atoms with Gasteiger partial charge in [0.25, 0.3) is 0 Å². The molecule has 5 heteroatoms. The Balaban J connectivity index is 3.88. The van der Waals surface area contributed by atoms with E-state index in [2.05, 4.69) is 10.6 Å². The quantitative estimate of drug-likeness (QED) is 0.469. The number of urea groups is 1. The SMILES string of the molecule is CCC=C(C)C(=O)ONC(N)=O. The van der Waals surface area contributed by atoms with Crippen LogP contribution in [0.4, 0.5) is 4.79 Å². The first-order chi connectivity index (χ1) is 5.57. The van der Waals surface area contributed by atoms with Gasteiger partial charge >= 0.3 is 12.0 Å². The maximum atomic E-state index is 10.9. The lowest BCUT2D eigenvalue weighted by Gasteiger charge is -2.01. The van der Waals surface area contributed by atoms with Crippen molar-refractivity contribution in [2.75, 3.05) is 0 Å². The Kier molecular flexibility index (Phi) is 4.52. The fourth-order valence-electron chi connectivity index (χ4n) is 0.567. The molecule has 12 heavy (non-hydrogen) atoms. The molecule has 0 aliphatic rings. The predicted octanol–water partition coefficient (Wildman–Crippen LogP) is 0.469. The fraction of sp³-hybridized carbons (Fsp3) is 0.429. The Bertz CT molecular complexity index is 211. The summed E-state index contributed by atoms with van der Waals surface area (Å²) in [4.78, 5) is 25.3. The first-order valence-electron chi connectivity index (χ1n) is 3.51. The number of allylic oxidation sites excluding steroid dienone is 1. The Morgan fingerprint density at radius 1 is 1.58 bits per heavy atom. The molecule has 2 amide bonds. The van der Waals surface area contributed by atoms with E-state index in [1.807, 2.05) is 6.92 Å². The molecule has 0 aromatic heterocycles. The van der Waals surface area contributed by atoms with E-state index in [9.17, 15) is 9.59 Å². The molecule has 0 spiro atoms. The number of rotatable bonds is 2. The van der Waals surface area contributed by atoms with Crippen molar-refractivity contribution in [2.24, 2.45) is 5.73 Å². The number of carbonyl (C=O) groups excluding carboxylic acids is 2. The van der Waals surface area contributed by atoms with E-state index in [0.29, 0.717) is 5.57 Å². The molecule has 0 rings (SSSR count). The van der Waals surface area contributed by atoms with Crippen LogP contribution in [-0.4, -0.2) is 12.0 Å². The zero-order chi connectivity index (χ0) is 9.56. The Morgan fingerprint density at radius 3 is 2.58 bits per heavy atom. The van der Waals surface area contributed by atoms with Crippen molar-refractivity contribution in [3.8, 4) is 0 Å². The molecule has 5 nitrogen and oxygen atoms in total. The first-order valence-corrected chi connectivity index (χ1v) is 3.51. The number of hydroxylamine groups is 1. The van der Waals surface area contributed by atoms with Crippen molar-refractivity contribution in [1.82, 2.24) is 5.48 Å². The minimum Gasteiger partial charge on any atom is -0.349 e. The second kappa shape index (κ2) is 5.17. The van der Waals surface area contributed by atoms with Gasteiger partial charge in [0.2, 0.25) is 0 Å². The van der Waals surface area contributed by atoms with Crippen LogP contribution in [0.2, 0.25) is 0 Å². The van der Waals surface area contributed by atoms with Gasteiger partial charge in [-0.3, -0.25) is 0 Å². The topological polar surface area (TPSA) is 81.4 Å². The van der Waals surface area contributed by atoms with Crippen LogP contribution in [0.25, 0.3) is 0 Å². The molecule has 3 N–H and O–H groups in total. The first kappa shape index (κ1) is 10.5. The molecule has 0 unspecified atom stereocenters. The van der Waals surface area contributed by atoms with Gasteiger partial charge in [-0.25, -0.2) is 9.59 Å². The zero-order valence-electron chi connectivity index (χ0n) is 7.09. The van der Waals surface area contributed by atoms with Crippen molar-refractivity contribution in [2.45, 2.75) is 20.3 Å². The molecule has 0 saturated carbocycles. The zero-order valence-corrected chi connectivity index (χ0v) is 7.09. The van der Waals surface area contributed by atoms with E-state index in [1.165, 1.54) is 0 Å². The van der Waals surface area contributed by atoms with Crippen LogP contribution in [-0.2, 0) is 9.63 Å².